The SMILES string of the molecule is C=C(CCCCCOc1ccc(Cc2nnc3ccc(-c4ccccc4)nn23)cc1)CC(C)(C)C.C=C(CN(C)CCOCCOc1ccc(Cc2nnc3ccc(-c4ccccc4)nn23)cc1)S(=O)(=O)C(C)(C)C.Cc1cc(C)n(C(=O)N(C)CCOCCOc2ccc(Cc3nnc4ccc(-c5ccccc5)nn34)cc2)n1. The van der Waals surface area contributed by atoms with Gasteiger partial charge in [0, 0.05) is 68.3 Å². The van der Waals surface area contributed by atoms with E-state index in [1.54, 1.807) is 41.7 Å². The van der Waals surface area contributed by atoms with Gasteiger partial charge in [-0.25, -0.2) is 13.2 Å². The van der Waals surface area contributed by atoms with Crippen LogP contribution in [-0.4, -0.2) is 178 Å². The van der Waals surface area contributed by atoms with Gasteiger partial charge in [-0.2, -0.15) is 38.6 Å². The fraction of sp³-hybridized carbons (Fsp3) is 0.337. The van der Waals surface area contributed by atoms with E-state index in [0.29, 0.717) is 88.7 Å². The van der Waals surface area contributed by atoms with E-state index in [1.807, 2.05) is 212 Å². The molecule has 0 N–H and O–H groups in total. The molecule has 1 amide bonds. The minimum absolute atomic E-state index is 0.174. The normalized spacial score (nSPS) is 11.7. The van der Waals surface area contributed by atoms with E-state index in [2.05, 4.69) is 93.9 Å². The summed E-state index contributed by atoms with van der Waals surface area (Å²) in [7, 11) is 0.200. The highest BCUT2D eigenvalue weighted by Gasteiger charge is 2.32. The summed E-state index contributed by atoms with van der Waals surface area (Å²) in [6.07, 6.45) is 7.47. The second-order valence-electron chi connectivity index (χ2n) is 30.4. The van der Waals surface area contributed by atoms with Crippen LogP contribution in [0.4, 0.5) is 4.79 Å². The van der Waals surface area contributed by atoms with Gasteiger partial charge < -0.3 is 28.6 Å². The molecule has 0 spiro atoms. The summed E-state index contributed by atoms with van der Waals surface area (Å²) in [6, 6.07) is 67.7. The van der Waals surface area contributed by atoms with Gasteiger partial charge in [0.2, 0.25) is 0 Å². The smallest absolute Gasteiger partial charge is 0.344 e. The zero-order chi connectivity index (χ0) is 80.6. The second-order valence-corrected chi connectivity index (χ2v) is 33.2. The number of hydrogen-bond acceptors (Lipinski definition) is 19. The average Bonchev–Trinajstić information content (AvgIpc) is 1.76. The van der Waals surface area contributed by atoms with Gasteiger partial charge in [0.05, 0.1) is 65.5 Å². The number of unbranched alkanes of at least 4 members (excludes halogenated alkanes) is 2. The Labute approximate surface area is 668 Å². The number of carbonyl (C=O) groups excluding carboxylic acids is 1. The van der Waals surface area contributed by atoms with Crippen molar-refractivity contribution in [1.82, 2.24) is 79.0 Å². The van der Waals surface area contributed by atoms with Crippen LogP contribution in [0.25, 0.3) is 50.7 Å². The van der Waals surface area contributed by atoms with Gasteiger partial charge in [-0.3, -0.25) is 4.90 Å². The van der Waals surface area contributed by atoms with Crippen molar-refractivity contribution < 1.29 is 36.9 Å². The summed E-state index contributed by atoms with van der Waals surface area (Å²) in [5.74, 6) is 4.77. The van der Waals surface area contributed by atoms with Crippen molar-refractivity contribution >= 4 is 32.8 Å². The molecule has 0 saturated carbocycles. The molecule has 114 heavy (non-hydrogen) atoms. The summed E-state index contributed by atoms with van der Waals surface area (Å²) >= 11 is 0. The Morgan fingerprint density at radius 2 is 0.842 bits per heavy atom. The maximum Gasteiger partial charge on any atom is 0.344 e. The fourth-order valence-electron chi connectivity index (χ4n) is 12.5. The molecule has 0 saturated heterocycles. The highest BCUT2D eigenvalue weighted by molar-refractivity contribution is 7.96. The number of nitrogens with zero attached hydrogens (tertiary/aromatic N) is 16. The van der Waals surface area contributed by atoms with Crippen LogP contribution in [-0.2, 0) is 38.6 Å². The van der Waals surface area contributed by atoms with Gasteiger partial charge >= 0.3 is 6.03 Å². The Kier molecular flexibility index (Phi) is 29.0. The van der Waals surface area contributed by atoms with Crippen LogP contribution in [0.15, 0.2) is 230 Å². The zero-order valence-corrected chi connectivity index (χ0v) is 67.9. The minimum Gasteiger partial charge on any atom is -0.494 e. The van der Waals surface area contributed by atoms with Crippen molar-refractivity contribution in [1.29, 1.82) is 0 Å². The molecule has 13 rings (SSSR count). The Morgan fingerprint density at radius 3 is 1.22 bits per heavy atom. The summed E-state index contributed by atoms with van der Waals surface area (Å²) in [5, 5.41) is 44.4. The molecule has 7 aromatic heterocycles. The maximum atomic E-state index is 12.5. The third-order valence-electron chi connectivity index (χ3n) is 18.6. The Balaban J connectivity index is 0.000000169. The van der Waals surface area contributed by atoms with E-state index < -0.39 is 14.6 Å². The molecular formula is C89H104N16O8S. The first-order chi connectivity index (χ1) is 54.9. The van der Waals surface area contributed by atoms with Gasteiger partial charge in [-0.1, -0.05) is 167 Å². The predicted molar refractivity (Wildman–Crippen MR) is 447 cm³/mol. The molecule has 25 heteroatoms. The molecule has 594 valence electrons. The van der Waals surface area contributed by atoms with Crippen molar-refractivity contribution in [3.05, 3.63) is 275 Å². The van der Waals surface area contributed by atoms with Gasteiger partial charge in [0.15, 0.2) is 44.3 Å². The first-order valence-corrected chi connectivity index (χ1v) is 40.1. The molecule has 0 aliphatic heterocycles. The van der Waals surface area contributed by atoms with Crippen LogP contribution in [0.3, 0.4) is 0 Å². The Morgan fingerprint density at radius 1 is 0.447 bits per heavy atom. The van der Waals surface area contributed by atoms with E-state index in [9.17, 15) is 13.2 Å². The highest BCUT2D eigenvalue weighted by atomic mass is 32.2. The summed E-state index contributed by atoms with van der Waals surface area (Å²) < 4.78 is 59.8. The number of rotatable bonds is 34. The summed E-state index contributed by atoms with van der Waals surface area (Å²) in [4.78, 5) is 16.2. The van der Waals surface area contributed by atoms with Crippen LogP contribution >= 0.6 is 0 Å². The van der Waals surface area contributed by atoms with Gasteiger partial charge in [-0.05, 0) is 175 Å². The number of hydrogen-bond donors (Lipinski definition) is 0. The number of amides is 1. The van der Waals surface area contributed by atoms with Crippen LogP contribution in [0, 0.1) is 19.3 Å². The fourth-order valence-corrected chi connectivity index (χ4v) is 13.8. The lowest BCUT2D eigenvalue weighted by molar-refractivity contribution is 0.0867. The monoisotopic (exact) mass is 1560 g/mol. The van der Waals surface area contributed by atoms with E-state index in [4.69, 9.17) is 39.0 Å². The molecule has 0 aliphatic carbocycles. The average molecular weight is 1560 g/mol. The number of aryl methyl sites for hydroxylation is 2. The predicted octanol–water partition coefficient (Wildman–Crippen LogP) is 15.9. The molecular weight excluding hydrogens is 1450 g/mol. The minimum atomic E-state index is -3.39. The third kappa shape index (κ3) is 24.0. The molecule has 0 unspecified atom stereocenters. The van der Waals surface area contributed by atoms with Crippen molar-refractivity contribution in [2.24, 2.45) is 5.41 Å². The topological polar surface area (TPSA) is 251 Å². The molecule has 0 radical (unpaired) electrons. The first kappa shape index (κ1) is 83.3. The lowest BCUT2D eigenvalue weighted by atomic mass is 9.87. The number of carbonyl (C=O) groups is 1. The molecule has 7 heterocycles. The molecule has 24 nitrogen and oxygen atoms in total. The molecule has 0 bridgehead atoms. The number of fused-ring (bicyclic) bond motifs is 3. The molecule has 0 aliphatic rings. The number of likely N-dealkylation sites (N-methyl/N-ethyl adjacent to an activating group) is 2. The van der Waals surface area contributed by atoms with Crippen molar-refractivity contribution in [2.45, 2.75) is 112 Å². The van der Waals surface area contributed by atoms with Gasteiger partial charge in [0.25, 0.3) is 0 Å². The second kappa shape index (κ2) is 39.7. The maximum absolute atomic E-state index is 12.5. The highest BCUT2D eigenvalue weighted by Crippen LogP contribution is 2.28. The van der Waals surface area contributed by atoms with Gasteiger partial charge in [0.1, 0.15) is 30.5 Å². The van der Waals surface area contributed by atoms with E-state index in [0.717, 1.165) is 128 Å². The number of sulfone groups is 1. The molecule has 0 atom stereocenters. The standard InChI is InChI=1S/C30H37N5O4S.C30H36N4O.C29H31N7O3/c1-23(40(36,37)30(2,3)4)22-34(5)17-18-38-19-20-39-26-13-11-24(12-14-26)21-29-32-31-28-16-15-27(33-35(28)29)25-9-7-6-8-10-25;1-23(22-30(2,3)4)11-7-6-10-20-35-26-16-14-24(15-17-26)21-29-32-31-28-19-18-27(33-34(28)29)25-12-8-5-9-13-25;1-21-19-22(2)35(32-21)29(37)34(3)15-16-38-17-18-39-25-11-9-23(10-12-25)20-28-31-30-27-14-13-26(33-36(27)28)24-7-5-4-6-8-24/h6-16H,1,17-22H2,2-5H3;5,8-9,12-19H,1,6-7,10-11,20-22H2,2-4H3;4-14,19H,15-18,20H2,1-3H3. The largest absolute Gasteiger partial charge is 0.494 e. The van der Waals surface area contributed by atoms with Crippen molar-refractivity contribution in [3.8, 4) is 51.0 Å². The van der Waals surface area contributed by atoms with Crippen molar-refractivity contribution in [2.75, 3.05) is 80.0 Å². The molecule has 13 aromatic rings. The third-order valence-corrected chi connectivity index (χ3v) is 21.1. The van der Waals surface area contributed by atoms with Crippen LogP contribution in [0.1, 0.15) is 119 Å². The van der Waals surface area contributed by atoms with Gasteiger partial charge in [-0.15, -0.1) is 30.6 Å². The quantitative estimate of drug-likeness (QED) is 0.0268. The zero-order valence-electron chi connectivity index (χ0n) is 67.1. The lowest BCUT2D eigenvalue weighted by Gasteiger charge is -2.24. The number of aromatic nitrogens is 14. The summed E-state index contributed by atoms with van der Waals surface area (Å²) in [6.45, 7) is 28.2. The number of benzene rings is 6. The number of ether oxygens (including phenoxy) is 5. The van der Waals surface area contributed by atoms with Crippen molar-refractivity contribution in [3.63, 3.8) is 0 Å². The molecule has 0 fully saturated rings. The lowest BCUT2D eigenvalue weighted by Crippen LogP contribution is -2.35. The first-order valence-electron chi connectivity index (χ1n) is 38.6. The number of allylic oxidation sites excluding steroid dienone is 1. The van der Waals surface area contributed by atoms with Crippen LogP contribution in [0.5, 0.6) is 17.2 Å². The summed E-state index contributed by atoms with van der Waals surface area (Å²) in [5.41, 5.74) is 14.6. The van der Waals surface area contributed by atoms with E-state index >= 15 is 0 Å². The van der Waals surface area contributed by atoms with Crippen LogP contribution < -0.4 is 14.2 Å². The molecule has 6 aromatic carbocycles. The Hall–Kier alpha value is -11.6. The van der Waals surface area contributed by atoms with E-state index in [-0.39, 0.29) is 17.5 Å². The van der Waals surface area contributed by atoms with Crippen LogP contribution in [0.2, 0.25) is 0 Å². The Bertz CT molecular complexity index is 5370. The van der Waals surface area contributed by atoms with E-state index in [1.165, 1.54) is 23.1 Å².